The average Bonchev–Trinajstić information content (AvgIpc) is 2.32. The number of rotatable bonds is 4. The molecule has 2 aromatic carbocycles. The molecule has 1 nitrogen and oxygen atoms in total. The van der Waals surface area contributed by atoms with E-state index in [0.29, 0.717) is 12.1 Å². The van der Waals surface area contributed by atoms with Gasteiger partial charge >= 0.3 is 0 Å². The number of nitrogens with one attached hydrogen (secondary N) is 1. The highest BCUT2D eigenvalue weighted by molar-refractivity contribution is 14.1. The van der Waals surface area contributed by atoms with Gasteiger partial charge in [0.25, 0.3) is 0 Å². The van der Waals surface area contributed by atoms with Crippen LogP contribution in [0, 0.1) is 9.39 Å². The number of hydrogen-bond donors (Lipinski definition) is 1. The van der Waals surface area contributed by atoms with Crippen molar-refractivity contribution in [2.75, 3.05) is 0 Å². The predicted molar refractivity (Wildman–Crippen MR) is 76.1 cm³/mol. The second kappa shape index (κ2) is 6.12. The zero-order valence-corrected chi connectivity index (χ0v) is 11.4. The van der Waals surface area contributed by atoms with E-state index in [1.165, 1.54) is 15.2 Å². The molecule has 2 rings (SSSR count). The summed E-state index contributed by atoms with van der Waals surface area (Å²) in [5.41, 5.74) is 1.92. The van der Waals surface area contributed by atoms with Crippen LogP contribution in [0.25, 0.3) is 0 Å². The fraction of sp³-hybridized carbons (Fsp3) is 0.143. The monoisotopic (exact) mass is 341 g/mol. The summed E-state index contributed by atoms with van der Waals surface area (Å²) in [7, 11) is 0. The van der Waals surface area contributed by atoms with Crippen molar-refractivity contribution in [1.82, 2.24) is 5.32 Å². The molecule has 0 saturated carbocycles. The van der Waals surface area contributed by atoms with E-state index in [2.05, 4.69) is 46.1 Å². The molecule has 0 radical (unpaired) electrons. The molecule has 0 aliphatic carbocycles. The van der Waals surface area contributed by atoms with Gasteiger partial charge in [0.15, 0.2) is 0 Å². The van der Waals surface area contributed by atoms with Gasteiger partial charge in [0.2, 0.25) is 0 Å². The van der Waals surface area contributed by atoms with Crippen molar-refractivity contribution < 1.29 is 4.39 Å². The third-order valence-corrected chi connectivity index (χ3v) is 3.16. The Bertz CT molecular complexity index is 499. The minimum atomic E-state index is -0.150. The van der Waals surface area contributed by atoms with Crippen LogP contribution in [-0.4, -0.2) is 0 Å². The molecule has 0 bridgehead atoms. The average molecular weight is 341 g/mol. The van der Waals surface area contributed by atoms with Gasteiger partial charge in [-0.15, -0.1) is 0 Å². The van der Waals surface area contributed by atoms with E-state index in [0.717, 1.165) is 6.54 Å². The Morgan fingerprint density at radius 2 is 1.82 bits per heavy atom. The van der Waals surface area contributed by atoms with Crippen molar-refractivity contribution in [2.45, 2.75) is 13.1 Å². The highest BCUT2D eigenvalue weighted by atomic mass is 127. The van der Waals surface area contributed by atoms with Crippen molar-refractivity contribution in [1.29, 1.82) is 0 Å². The molecule has 0 unspecified atom stereocenters. The van der Waals surface area contributed by atoms with E-state index in [4.69, 9.17) is 0 Å². The third-order valence-electron chi connectivity index (χ3n) is 2.49. The van der Waals surface area contributed by atoms with Gasteiger partial charge in [-0.1, -0.05) is 30.3 Å². The molecule has 3 heteroatoms. The number of halogens is 2. The number of benzene rings is 2. The quantitative estimate of drug-likeness (QED) is 0.836. The molecule has 0 spiro atoms. The zero-order valence-electron chi connectivity index (χ0n) is 9.29. The molecule has 0 aliphatic heterocycles. The fourth-order valence-electron chi connectivity index (χ4n) is 1.63. The van der Waals surface area contributed by atoms with E-state index in [1.807, 2.05) is 12.1 Å². The lowest BCUT2D eigenvalue weighted by molar-refractivity contribution is 0.588. The maximum atomic E-state index is 13.3. The summed E-state index contributed by atoms with van der Waals surface area (Å²) in [6, 6.07) is 15.1. The summed E-state index contributed by atoms with van der Waals surface area (Å²) in [6.07, 6.45) is 0. The topological polar surface area (TPSA) is 12.0 Å². The lowest BCUT2D eigenvalue weighted by Crippen LogP contribution is -2.13. The first-order valence-electron chi connectivity index (χ1n) is 5.44. The van der Waals surface area contributed by atoms with Gasteiger partial charge in [-0.25, -0.2) is 4.39 Å². The maximum absolute atomic E-state index is 13.3. The Morgan fingerprint density at radius 1 is 1.00 bits per heavy atom. The van der Waals surface area contributed by atoms with E-state index in [9.17, 15) is 4.39 Å². The maximum Gasteiger partial charge on any atom is 0.127 e. The van der Waals surface area contributed by atoms with Crippen molar-refractivity contribution in [3.63, 3.8) is 0 Å². The van der Waals surface area contributed by atoms with Crippen LogP contribution in [0.5, 0.6) is 0 Å². The molecule has 0 aromatic heterocycles. The van der Waals surface area contributed by atoms with Crippen LogP contribution < -0.4 is 5.32 Å². The molecule has 0 amide bonds. The number of hydrogen-bond acceptors (Lipinski definition) is 1. The van der Waals surface area contributed by atoms with E-state index < -0.39 is 0 Å². The van der Waals surface area contributed by atoms with Crippen LogP contribution in [0.4, 0.5) is 4.39 Å². The normalized spacial score (nSPS) is 10.5. The molecule has 17 heavy (non-hydrogen) atoms. The Labute approximate surface area is 114 Å². The summed E-state index contributed by atoms with van der Waals surface area (Å²) in [4.78, 5) is 0. The Morgan fingerprint density at radius 3 is 2.59 bits per heavy atom. The van der Waals surface area contributed by atoms with Gasteiger partial charge < -0.3 is 5.32 Å². The summed E-state index contributed by atoms with van der Waals surface area (Å²) >= 11 is 2.29. The lowest BCUT2D eigenvalue weighted by Gasteiger charge is -2.06. The lowest BCUT2D eigenvalue weighted by atomic mass is 10.2. The van der Waals surface area contributed by atoms with E-state index in [1.54, 1.807) is 12.1 Å². The zero-order chi connectivity index (χ0) is 12.1. The van der Waals surface area contributed by atoms with Gasteiger partial charge in [-0.3, -0.25) is 0 Å². The molecular weight excluding hydrogens is 328 g/mol. The summed E-state index contributed by atoms with van der Waals surface area (Å²) in [5.74, 6) is -0.150. The summed E-state index contributed by atoms with van der Waals surface area (Å²) in [5, 5.41) is 3.24. The molecule has 0 aliphatic rings. The fourth-order valence-corrected chi connectivity index (χ4v) is 2.24. The van der Waals surface area contributed by atoms with Crippen LogP contribution in [-0.2, 0) is 13.1 Å². The SMILES string of the molecule is Fc1ccccc1CNCc1cccc(I)c1. The first-order chi connectivity index (χ1) is 8.25. The Kier molecular flexibility index (Phi) is 4.50. The third kappa shape index (κ3) is 3.78. The molecule has 88 valence electrons. The van der Waals surface area contributed by atoms with Gasteiger partial charge in [-0.05, 0) is 46.4 Å². The van der Waals surface area contributed by atoms with Gasteiger partial charge in [0.1, 0.15) is 5.82 Å². The minimum absolute atomic E-state index is 0.150. The van der Waals surface area contributed by atoms with Crippen LogP contribution in [0.2, 0.25) is 0 Å². The highest BCUT2D eigenvalue weighted by Crippen LogP contribution is 2.09. The van der Waals surface area contributed by atoms with Crippen LogP contribution >= 0.6 is 22.6 Å². The van der Waals surface area contributed by atoms with Gasteiger partial charge in [0.05, 0.1) is 0 Å². The van der Waals surface area contributed by atoms with E-state index in [-0.39, 0.29) is 5.82 Å². The van der Waals surface area contributed by atoms with Gasteiger partial charge in [0, 0.05) is 22.2 Å². The molecule has 0 heterocycles. The molecule has 1 N–H and O–H groups in total. The standard InChI is InChI=1S/C14H13FIN/c15-14-7-2-1-5-12(14)10-17-9-11-4-3-6-13(16)8-11/h1-8,17H,9-10H2. The van der Waals surface area contributed by atoms with Crippen molar-refractivity contribution >= 4 is 22.6 Å². The van der Waals surface area contributed by atoms with Crippen LogP contribution in [0.1, 0.15) is 11.1 Å². The van der Waals surface area contributed by atoms with Crippen molar-refractivity contribution in [2.24, 2.45) is 0 Å². The van der Waals surface area contributed by atoms with Crippen LogP contribution in [0.15, 0.2) is 48.5 Å². The first kappa shape index (κ1) is 12.5. The first-order valence-corrected chi connectivity index (χ1v) is 6.52. The van der Waals surface area contributed by atoms with Crippen molar-refractivity contribution in [3.05, 3.63) is 69.0 Å². The van der Waals surface area contributed by atoms with E-state index >= 15 is 0 Å². The second-order valence-corrected chi connectivity index (χ2v) is 5.07. The summed E-state index contributed by atoms with van der Waals surface area (Å²) in [6.45, 7) is 1.31. The largest absolute Gasteiger partial charge is 0.309 e. The Balaban J connectivity index is 1.90. The molecule has 0 saturated heterocycles. The second-order valence-electron chi connectivity index (χ2n) is 3.82. The summed E-state index contributed by atoms with van der Waals surface area (Å²) < 4.78 is 14.6. The van der Waals surface area contributed by atoms with Crippen molar-refractivity contribution in [3.8, 4) is 0 Å². The molecule has 0 atom stereocenters. The van der Waals surface area contributed by atoms with Crippen LogP contribution in [0.3, 0.4) is 0 Å². The molecular formula is C14H13FIN. The Hall–Kier alpha value is -0.940. The minimum Gasteiger partial charge on any atom is -0.309 e. The predicted octanol–water partition coefficient (Wildman–Crippen LogP) is 3.72. The van der Waals surface area contributed by atoms with Gasteiger partial charge in [-0.2, -0.15) is 0 Å². The highest BCUT2D eigenvalue weighted by Gasteiger charge is 1.99. The molecule has 0 fully saturated rings. The molecule has 2 aromatic rings. The smallest absolute Gasteiger partial charge is 0.127 e.